The zero-order valence-corrected chi connectivity index (χ0v) is 23.8. The summed E-state index contributed by atoms with van der Waals surface area (Å²) in [5.41, 5.74) is 2.09. The first-order valence-electron chi connectivity index (χ1n) is 13.1. The van der Waals surface area contributed by atoms with Crippen molar-refractivity contribution in [1.82, 2.24) is 0 Å². The SMILES string of the molecule is COc1ccc(CCc2cc(-c3cc(CCc4ccc(OC)cc4OC)c(O)c(O)c3O)c(O)c(O)c2O)c(OC)c1. The van der Waals surface area contributed by atoms with E-state index in [1.807, 2.05) is 12.1 Å². The number of phenols is 6. The molecule has 4 aromatic rings. The van der Waals surface area contributed by atoms with Crippen LogP contribution in [0.1, 0.15) is 22.3 Å². The van der Waals surface area contributed by atoms with Crippen LogP contribution in [0.2, 0.25) is 0 Å². The zero-order chi connectivity index (χ0) is 30.6. The van der Waals surface area contributed by atoms with Crippen molar-refractivity contribution >= 4 is 0 Å². The Morgan fingerprint density at radius 3 is 1.10 bits per heavy atom. The fraction of sp³-hybridized carbons (Fsp3) is 0.250. The van der Waals surface area contributed by atoms with Gasteiger partial charge in [0, 0.05) is 23.3 Å². The Bertz CT molecular complexity index is 1480. The van der Waals surface area contributed by atoms with Gasteiger partial charge in [0.1, 0.15) is 23.0 Å². The summed E-state index contributed by atoms with van der Waals surface area (Å²) in [5, 5.41) is 63.9. The summed E-state index contributed by atoms with van der Waals surface area (Å²) in [6.45, 7) is 0. The zero-order valence-electron chi connectivity index (χ0n) is 23.8. The van der Waals surface area contributed by atoms with Crippen molar-refractivity contribution in [3.8, 4) is 68.6 Å². The van der Waals surface area contributed by atoms with Crippen molar-refractivity contribution in [2.45, 2.75) is 25.7 Å². The first-order valence-corrected chi connectivity index (χ1v) is 13.1. The van der Waals surface area contributed by atoms with Crippen molar-refractivity contribution in [2.75, 3.05) is 28.4 Å². The number of hydrogen-bond acceptors (Lipinski definition) is 10. The van der Waals surface area contributed by atoms with Gasteiger partial charge in [-0.05, 0) is 72.2 Å². The minimum absolute atomic E-state index is 0.0435. The van der Waals surface area contributed by atoms with Crippen molar-refractivity contribution in [1.29, 1.82) is 0 Å². The van der Waals surface area contributed by atoms with Gasteiger partial charge in [-0.3, -0.25) is 0 Å². The first-order chi connectivity index (χ1) is 20.1. The third-order valence-corrected chi connectivity index (χ3v) is 7.26. The number of hydrogen-bond donors (Lipinski definition) is 6. The fourth-order valence-electron chi connectivity index (χ4n) is 4.85. The number of phenolic OH excluding ortho intramolecular Hbond substituents is 6. The van der Waals surface area contributed by atoms with Gasteiger partial charge in [0.15, 0.2) is 23.0 Å². The van der Waals surface area contributed by atoms with Crippen molar-refractivity contribution in [3.63, 3.8) is 0 Å². The molecule has 0 saturated carbocycles. The Morgan fingerprint density at radius 2 is 0.762 bits per heavy atom. The number of aromatic hydroxyl groups is 6. The van der Waals surface area contributed by atoms with E-state index < -0.39 is 34.5 Å². The minimum Gasteiger partial charge on any atom is -0.504 e. The summed E-state index contributed by atoms with van der Waals surface area (Å²) in [6.07, 6.45) is 1.24. The van der Waals surface area contributed by atoms with E-state index in [2.05, 4.69) is 0 Å². The first kappa shape index (κ1) is 29.9. The van der Waals surface area contributed by atoms with Crippen LogP contribution in [0, 0.1) is 0 Å². The van der Waals surface area contributed by atoms with Crippen LogP contribution in [0.25, 0.3) is 11.1 Å². The summed E-state index contributed by atoms with van der Waals surface area (Å²) < 4.78 is 21.4. The monoisotopic (exact) mass is 578 g/mol. The number of ether oxygens (including phenoxy) is 4. The van der Waals surface area contributed by atoms with E-state index in [1.54, 1.807) is 38.5 Å². The van der Waals surface area contributed by atoms with Crippen LogP contribution < -0.4 is 18.9 Å². The predicted molar refractivity (Wildman–Crippen MR) is 156 cm³/mol. The topological polar surface area (TPSA) is 158 Å². The lowest BCUT2D eigenvalue weighted by molar-refractivity contribution is 0.362. The quantitative estimate of drug-likeness (QED) is 0.131. The van der Waals surface area contributed by atoms with Gasteiger partial charge >= 0.3 is 0 Å². The van der Waals surface area contributed by atoms with Gasteiger partial charge in [0.2, 0.25) is 11.5 Å². The molecule has 0 aliphatic heterocycles. The van der Waals surface area contributed by atoms with E-state index in [0.717, 1.165) is 11.1 Å². The molecule has 0 amide bonds. The average molecular weight is 579 g/mol. The molecular formula is C32H34O10. The molecule has 6 N–H and O–H groups in total. The van der Waals surface area contributed by atoms with Gasteiger partial charge in [-0.2, -0.15) is 0 Å². The molecule has 4 aromatic carbocycles. The van der Waals surface area contributed by atoms with Crippen molar-refractivity contribution < 1.29 is 49.6 Å². The molecule has 222 valence electrons. The van der Waals surface area contributed by atoms with Gasteiger partial charge in [0.25, 0.3) is 0 Å². The molecule has 0 aliphatic rings. The average Bonchev–Trinajstić information content (AvgIpc) is 3.02. The maximum Gasteiger partial charge on any atom is 0.201 e. The Balaban J connectivity index is 1.70. The van der Waals surface area contributed by atoms with E-state index in [0.29, 0.717) is 35.8 Å². The molecule has 10 nitrogen and oxygen atoms in total. The standard InChI is InChI=1S/C32H34O10/c1-39-21-11-9-17(25(15-21)41-3)5-7-19-13-23(29(35)31(37)27(19)33)24-14-20(28(34)32(38)30(24)36)8-6-18-10-12-22(40-2)16-26(18)42-4/h9-16,33-38H,5-8H2,1-4H3. The predicted octanol–water partition coefficient (Wildman–Crippen LogP) is 5.19. The number of benzene rings is 4. The van der Waals surface area contributed by atoms with Crippen LogP contribution in [-0.2, 0) is 25.7 Å². The van der Waals surface area contributed by atoms with Crippen LogP contribution in [-0.4, -0.2) is 59.1 Å². The highest BCUT2D eigenvalue weighted by Crippen LogP contribution is 2.51. The van der Waals surface area contributed by atoms with Gasteiger partial charge in [-0.25, -0.2) is 0 Å². The summed E-state index contributed by atoms with van der Waals surface area (Å²) in [5.74, 6) is -1.58. The Kier molecular flexibility index (Phi) is 8.95. The highest BCUT2D eigenvalue weighted by Gasteiger charge is 2.24. The maximum absolute atomic E-state index is 10.8. The highest BCUT2D eigenvalue weighted by molar-refractivity contribution is 5.84. The van der Waals surface area contributed by atoms with Gasteiger partial charge in [0.05, 0.1) is 28.4 Å². The molecule has 0 fully saturated rings. The van der Waals surface area contributed by atoms with Crippen LogP contribution in [0.15, 0.2) is 48.5 Å². The van der Waals surface area contributed by atoms with Crippen LogP contribution in [0.3, 0.4) is 0 Å². The molecule has 0 atom stereocenters. The van der Waals surface area contributed by atoms with E-state index in [9.17, 15) is 30.6 Å². The third kappa shape index (κ3) is 5.83. The van der Waals surface area contributed by atoms with Gasteiger partial charge in [-0.1, -0.05) is 12.1 Å². The summed E-state index contributed by atoms with van der Waals surface area (Å²) >= 11 is 0. The van der Waals surface area contributed by atoms with Crippen molar-refractivity contribution in [2.24, 2.45) is 0 Å². The number of methoxy groups -OCH3 is 4. The Labute approximate surface area is 243 Å². The molecule has 0 spiro atoms. The number of rotatable bonds is 11. The van der Waals surface area contributed by atoms with E-state index in [1.165, 1.54) is 26.4 Å². The lowest BCUT2D eigenvalue weighted by atomic mass is 9.93. The van der Waals surface area contributed by atoms with E-state index >= 15 is 0 Å². The lowest BCUT2D eigenvalue weighted by Crippen LogP contribution is -1.99. The smallest absolute Gasteiger partial charge is 0.201 e. The summed E-state index contributed by atoms with van der Waals surface area (Å²) in [6, 6.07) is 13.5. The second kappa shape index (κ2) is 12.6. The maximum atomic E-state index is 10.8. The largest absolute Gasteiger partial charge is 0.504 e. The Hall–Kier alpha value is -5.12. The van der Waals surface area contributed by atoms with Crippen LogP contribution in [0.4, 0.5) is 0 Å². The molecule has 0 bridgehead atoms. The van der Waals surface area contributed by atoms with Crippen LogP contribution in [0.5, 0.6) is 57.5 Å². The summed E-state index contributed by atoms with van der Waals surface area (Å²) in [7, 11) is 6.15. The second-order valence-electron chi connectivity index (χ2n) is 9.61. The molecule has 42 heavy (non-hydrogen) atoms. The Morgan fingerprint density at radius 1 is 0.405 bits per heavy atom. The molecule has 0 aromatic heterocycles. The molecular weight excluding hydrogens is 544 g/mol. The summed E-state index contributed by atoms with van der Waals surface area (Å²) in [4.78, 5) is 0. The lowest BCUT2D eigenvalue weighted by Gasteiger charge is -2.17. The van der Waals surface area contributed by atoms with E-state index in [-0.39, 0.29) is 35.1 Å². The molecule has 0 saturated heterocycles. The van der Waals surface area contributed by atoms with E-state index in [4.69, 9.17) is 18.9 Å². The molecule has 0 aliphatic carbocycles. The molecule has 4 rings (SSSR count). The fourth-order valence-corrected chi connectivity index (χ4v) is 4.85. The number of aryl methyl sites for hydroxylation is 4. The highest BCUT2D eigenvalue weighted by atomic mass is 16.5. The van der Waals surface area contributed by atoms with Gasteiger partial charge < -0.3 is 49.6 Å². The van der Waals surface area contributed by atoms with Crippen molar-refractivity contribution in [3.05, 3.63) is 70.8 Å². The van der Waals surface area contributed by atoms with Crippen LogP contribution >= 0.6 is 0 Å². The second-order valence-corrected chi connectivity index (χ2v) is 9.61. The molecule has 0 unspecified atom stereocenters. The molecule has 0 heterocycles. The third-order valence-electron chi connectivity index (χ3n) is 7.26. The molecule has 10 heteroatoms. The molecule has 0 radical (unpaired) electrons. The van der Waals surface area contributed by atoms with Gasteiger partial charge in [-0.15, -0.1) is 0 Å². The normalized spacial score (nSPS) is 10.9. The minimum atomic E-state index is -0.777.